The molecule has 1 aliphatic carbocycles. The molecule has 2 atom stereocenters. The van der Waals surface area contributed by atoms with Crippen molar-refractivity contribution in [2.45, 2.75) is 51.6 Å². The number of carbonyl (C=O) groups excluding carboxylic acids is 1. The van der Waals surface area contributed by atoms with E-state index in [9.17, 15) is 13.2 Å². The Morgan fingerprint density at radius 2 is 1.66 bits per heavy atom. The zero-order valence-electron chi connectivity index (χ0n) is 17.0. The Balaban J connectivity index is 1.78. The number of halogens is 1. The van der Waals surface area contributed by atoms with E-state index in [0.717, 1.165) is 29.0 Å². The van der Waals surface area contributed by atoms with Gasteiger partial charge in [0.2, 0.25) is 15.9 Å². The van der Waals surface area contributed by atoms with Crippen LogP contribution in [0.15, 0.2) is 42.5 Å². The fourth-order valence-corrected chi connectivity index (χ4v) is 5.14. The molecule has 0 radical (unpaired) electrons. The van der Waals surface area contributed by atoms with E-state index in [-0.39, 0.29) is 11.9 Å². The third-order valence-electron chi connectivity index (χ3n) is 5.40. The van der Waals surface area contributed by atoms with Crippen LogP contribution in [0.4, 0.5) is 5.69 Å². The zero-order chi connectivity index (χ0) is 21.2. The highest BCUT2D eigenvalue weighted by Crippen LogP contribution is 2.26. The Morgan fingerprint density at radius 1 is 1.03 bits per heavy atom. The standard InChI is InChI=1S/C22H27ClN2O3S/c1-15(18-9-8-17-6-4-5-7-19(17)14-18)24-22(26)16(2)25(29(3,27)28)21-12-10-20(23)11-13-21/h8-16H,4-7H2,1-3H3,(H,24,26)/t15-,16+/m1/s1. The van der Waals surface area contributed by atoms with Gasteiger partial charge in [-0.05, 0) is 80.5 Å². The largest absolute Gasteiger partial charge is 0.348 e. The van der Waals surface area contributed by atoms with Gasteiger partial charge in [0.05, 0.1) is 18.0 Å². The molecule has 0 aliphatic heterocycles. The third-order valence-corrected chi connectivity index (χ3v) is 6.89. The lowest BCUT2D eigenvalue weighted by Gasteiger charge is -2.29. The van der Waals surface area contributed by atoms with Gasteiger partial charge in [-0.1, -0.05) is 29.8 Å². The molecule has 7 heteroatoms. The summed E-state index contributed by atoms with van der Waals surface area (Å²) >= 11 is 5.91. The average Bonchev–Trinajstić information content (AvgIpc) is 2.68. The van der Waals surface area contributed by atoms with Crippen LogP contribution in [0.1, 0.15) is 49.4 Å². The van der Waals surface area contributed by atoms with Crippen molar-refractivity contribution >= 4 is 33.2 Å². The maximum absolute atomic E-state index is 12.9. The summed E-state index contributed by atoms with van der Waals surface area (Å²) in [7, 11) is -3.66. The second-order valence-electron chi connectivity index (χ2n) is 7.68. The third kappa shape index (κ3) is 5.11. The summed E-state index contributed by atoms with van der Waals surface area (Å²) in [6.45, 7) is 3.51. The molecule has 0 aromatic heterocycles. The van der Waals surface area contributed by atoms with Gasteiger partial charge < -0.3 is 5.32 Å². The molecule has 0 fully saturated rings. The first-order valence-corrected chi connectivity index (χ1v) is 12.1. The first-order chi connectivity index (χ1) is 13.7. The van der Waals surface area contributed by atoms with Gasteiger partial charge in [-0.15, -0.1) is 0 Å². The molecule has 0 saturated carbocycles. The second-order valence-corrected chi connectivity index (χ2v) is 9.97. The number of hydrogen-bond donors (Lipinski definition) is 1. The van der Waals surface area contributed by atoms with E-state index in [1.54, 1.807) is 31.2 Å². The molecule has 0 heterocycles. The van der Waals surface area contributed by atoms with Crippen molar-refractivity contribution in [2.75, 3.05) is 10.6 Å². The van der Waals surface area contributed by atoms with Gasteiger partial charge >= 0.3 is 0 Å². The molecule has 1 N–H and O–H groups in total. The lowest BCUT2D eigenvalue weighted by atomic mass is 9.89. The summed E-state index contributed by atoms with van der Waals surface area (Å²) in [6, 6.07) is 11.7. The summed E-state index contributed by atoms with van der Waals surface area (Å²) in [5, 5.41) is 3.47. The number of benzene rings is 2. The topological polar surface area (TPSA) is 66.5 Å². The summed E-state index contributed by atoms with van der Waals surface area (Å²) in [5.41, 5.74) is 4.17. The first kappa shape index (κ1) is 21.7. The van der Waals surface area contributed by atoms with Crippen molar-refractivity contribution < 1.29 is 13.2 Å². The van der Waals surface area contributed by atoms with E-state index in [4.69, 9.17) is 11.6 Å². The van der Waals surface area contributed by atoms with Gasteiger partial charge in [-0.3, -0.25) is 9.10 Å². The van der Waals surface area contributed by atoms with E-state index in [1.165, 1.54) is 24.0 Å². The van der Waals surface area contributed by atoms with Crippen LogP contribution in [0.3, 0.4) is 0 Å². The van der Waals surface area contributed by atoms with Crippen molar-refractivity contribution in [3.63, 3.8) is 0 Å². The Hall–Kier alpha value is -2.05. The van der Waals surface area contributed by atoms with Crippen molar-refractivity contribution in [2.24, 2.45) is 0 Å². The van der Waals surface area contributed by atoms with E-state index in [1.807, 2.05) is 13.0 Å². The maximum Gasteiger partial charge on any atom is 0.244 e. The van der Waals surface area contributed by atoms with Crippen LogP contribution in [-0.2, 0) is 27.7 Å². The SMILES string of the molecule is C[C@@H](NC(=O)[C@H](C)N(c1ccc(Cl)cc1)S(C)(=O)=O)c1ccc2c(c1)CCCC2. The number of carbonyl (C=O) groups is 1. The first-order valence-electron chi connectivity index (χ1n) is 9.84. The lowest BCUT2D eigenvalue weighted by Crippen LogP contribution is -2.48. The number of anilines is 1. The number of fused-ring (bicyclic) bond motifs is 1. The van der Waals surface area contributed by atoms with Crippen LogP contribution in [0.2, 0.25) is 5.02 Å². The smallest absolute Gasteiger partial charge is 0.244 e. The fraction of sp³-hybridized carbons (Fsp3) is 0.409. The number of amides is 1. The molecule has 2 aromatic rings. The molecule has 0 unspecified atom stereocenters. The fourth-order valence-electron chi connectivity index (χ4n) is 3.84. The van der Waals surface area contributed by atoms with Crippen LogP contribution in [0, 0.1) is 0 Å². The summed E-state index contributed by atoms with van der Waals surface area (Å²) in [4.78, 5) is 12.9. The Kier molecular flexibility index (Phi) is 6.54. The Bertz CT molecular complexity index is 990. The average molecular weight is 435 g/mol. The lowest BCUT2D eigenvalue weighted by molar-refractivity contribution is -0.122. The number of sulfonamides is 1. The Labute approximate surface area is 178 Å². The molecule has 1 aliphatic rings. The summed E-state index contributed by atoms with van der Waals surface area (Å²) in [6.07, 6.45) is 5.69. The highest BCUT2D eigenvalue weighted by atomic mass is 35.5. The number of nitrogens with one attached hydrogen (secondary N) is 1. The predicted molar refractivity (Wildman–Crippen MR) is 118 cm³/mol. The maximum atomic E-state index is 12.9. The predicted octanol–water partition coefficient (Wildman–Crippen LogP) is 4.25. The molecule has 156 valence electrons. The molecule has 1 amide bonds. The highest BCUT2D eigenvalue weighted by Gasteiger charge is 2.30. The van der Waals surface area contributed by atoms with Gasteiger partial charge in [-0.2, -0.15) is 0 Å². The Morgan fingerprint density at radius 3 is 2.28 bits per heavy atom. The zero-order valence-corrected chi connectivity index (χ0v) is 18.6. The van der Waals surface area contributed by atoms with Crippen LogP contribution in [-0.4, -0.2) is 26.6 Å². The van der Waals surface area contributed by atoms with Crippen LogP contribution in [0.5, 0.6) is 0 Å². The van der Waals surface area contributed by atoms with Gasteiger partial charge in [-0.25, -0.2) is 8.42 Å². The van der Waals surface area contributed by atoms with Crippen LogP contribution >= 0.6 is 11.6 Å². The van der Waals surface area contributed by atoms with Crippen molar-refractivity contribution in [1.29, 1.82) is 0 Å². The minimum atomic E-state index is -3.66. The molecule has 29 heavy (non-hydrogen) atoms. The van der Waals surface area contributed by atoms with Crippen LogP contribution < -0.4 is 9.62 Å². The molecular weight excluding hydrogens is 408 g/mol. The summed E-state index contributed by atoms with van der Waals surface area (Å²) in [5.74, 6) is -0.351. The minimum Gasteiger partial charge on any atom is -0.348 e. The van der Waals surface area contributed by atoms with E-state index >= 15 is 0 Å². The van der Waals surface area contributed by atoms with Gasteiger partial charge in [0, 0.05) is 5.02 Å². The second kappa shape index (κ2) is 8.76. The quantitative estimate of drug-likeness (QED) is 0.739. The van der Waals surface area contributed by atoms with E-state index in [0.29, 0.717) is 10.7 Å². The van der Waals surface area contributed by atoms with Gasteiger partial charge in [0.15, 0.2) is 0 Å². The molecule has 5 nitrogen and oxygen atoms in total. The molecule has 3 rings (SSSR count). The summed E-state index contributed by atoms with van der Waals surface area (Å²) < 4.78 is 25.9. The van der Waals surface area contributed by atoms with Gasteiger partial charge in [0.1, 0.15) is 6.04 Å². The number of rotatable bonds is 6. The normalized spacial score (nSPS) is 15.9. The number of nitrogens with zero attached hydrogens (tertiary/aromatic N) is 1. The van der Waals surface area contributed by atoms with E-state index in [2.05, 4.69) is 17.4 Å². The molecule has 0 bridgehead atoms. The van der Waals surface area contributed by atoms with E-state index < -0.39 is 16.1 Å². The monoisotopic (exact) mass is 434 g/mol. The van der Waals surface area contributed by atoms with Gasteiger partial charge in [0.25, 0.3) is 0 Å². The number of aryl methyl sites for hydroxylation is 2. The van der Waals surface area contributed by atoms with Crippen molar-refractivity contribution in [3.8, 4) is 0 Å². The highest BCUT2D eigenvalue weighted by molar-refractivity contribution is 7.92. The number of hydrogen-bond acceptors (Lipinski definition) is 3. The molecule has 0 saturated heterocycles. The molecular formula is C22H27ClN2O3S. The molecule has 2 aromatic carbocycles. The van der Waals surface area contributed by atoms with Crippen LogP contribution in [0.25, 0.3) is 0 Å². The van der Waals surface area contributed by atoms with Crippen molar-refractivity contribution in [1.82, 2.24) is 5.32 Å². The van der Waals surface area contributed by atoms with Crippen molar-refractivity contribution in [3.05, 3.63) is 64.2 Å². The molecule has 0 spiro atoms. The minimum absolute atomic E-state index is 0.219.